The van der Waals surface area contributed by atoms with Crippen LogP contribution in [0.15, 0.2) is 77.7 Å². The summed E-state index contributed by atoms with van der Waals surface area (Å²) in [6.07, 6.45) is -0.177. The fourth-order valence-electron chi connectivity index (χ4n) is 2.59. The Bertz CT molecular complexity index is 1090. The van der Waals surface area contributed by atoms with Crippen LogP contribution >= 0.6 is 11.6 Å². The molecule has 0 aliphatic carbocycles. The van der Waals surface area contributed by atoms with Crippen LogP contribution in [0.5, 0.6) is 11.5 Å². The van der Waals surface area contributed by atoms with Gasteiger partial charge >= 0.3 is 0 Å². The molecular weight excluding hydrogens is 410 g/mol. The minimum atomic E-state index is -3.58. The molecule has 3 rings (SSSR count). The number of aryl methyl sites for hydroxylation is 1. The van der Waals surface area contributed by atoms with Crippen LogP contribution in [0.4, 0.5) is 5.69 Å². The number of hydrogen-bond acceptors (Lipinski definition) is 4. The highest BCUT2D eigenvalue weighted by molar-refractivity contribution is 7.91. The van der Waals surface area contributed by atoms with Crippen LogP contribution in [-0.4, -0.2) is 20.1 Å². The number of rotatable bonds is 7. The first-order valence-electron chi connectivity index (χ1n) is 8.95. The van der Waals surface area contributed by atoms with Crippen LogP contribution in [0.3, 0.4) is 0 Å². The Morgan fingerprint density at radius 3 is 2.31 bits per heavy atom. The molecule has 1 amide bonds. The lowest BCUT2D eigenvalue weighted by Crippen LogP contribution is -2.17. The highest BCUT2D eigenvalue weighted by Gasteiger charge is 2.17. The van der Waals surface area contributed by atoms with E-state index in [0.29, 0.717) is 22.2 Å². The molecular formula is C22H20ClNO4S. The summed E-state index contributed by atoms with van der Waals surface area (Å²) in [5, 5.41) is 3.18. The molecule has 150 valence electrons. The zero-order chi connectivity index (χ0) is 20.9. The Kier molecular flexibility index (Phi) is 6.56. The zero-order valence-corrected chi connectivity index (χ0v) is 17.3. The van der Waals surface area contributed by atoms with Gasteiger partial charge in [0.15, 0.2) is 15.6 Å². The summed E-state index contributed by atoms with van der Waals surface area (Å²) in [5.41, 5.74) is 1.59. The van der Waals surface area contributed by atoms with Gasteiger partial charge < -0.3 is 10.1 Å². The van der Waals surface area contributed by atoms with Crippen molar-refractivity contribution in [3.8, 4) is 11.5 Å². The molecule has 0 heterocycles. The number of hydrogen-bond donors (Lipinski definition) is 1. The number of nitrogens with one attached hydrogen (secondary N) is 1. The van der Waals surface area contributed by atoms with Gasteiger partial charge in [0.25, 0.3) is 0 Å². The molecule has 0 fully saturated rings. The zero-order valence-electron chi connectivity index (χ0n) is 15.8. The number of para-hydroxylation sites is 2. The SMILES string of the molecule is Cc1ccc(Oc2ccccc2NC(=O)CCS(=O)(=O)c2ccc(Cl)cc2)cc1. The van der Waals surface area contributed by atoms with E-state index in [1.165, 1.54) is 24.3 Å². The quantitative estimate of drug-likeness (QED) is 0.557. The van der Waals surface area contributed by atoms with E-state index in [1.807, 2.05) is 31.2 Å². The van der Waals surface area contributed by atoms with E-state index in [1.54, 1.807) is 24.3 Å². The molecule has 29 heavy (non-hydrogen) atoms. The van der Waals surface area contributed by atoms with Crippen LogP contribution in [-0.2, 0) is 14.6 Å². The third kappa shape index (κ3) is 5.82. The Balaban J connectivity index is 1.65. The smallest absolute Gasteiger partial charge is 0.225 e. The minimum absolute atomic E-state index is 0.137. The average molecular weight is 430 g/mol. The first-order valence-corrected chi connectivity index (χ1v) is 11.0. The number of carbonyl (C=O) groups is 1. The third-order valence-electron chi connectivity index (χ3n) is 4.18. The molecule has 3 aromatic carbocycles. The Labute approximate surface area is 175 Å². The summed E-state index contributed by atoms with van der Waals surface area (Å²) in [6, 6.07) is 20.4. The van der Waals surface area contributed by atoms with E-state index in [9.17, 15) is 13.2 Å². The third-order valence-corrected chi connectivity index (χ3v) is 6.16. The monoisotopic (exact) mass is 429 g/mol. The average Bonchev–Trinajstić information content (AvgIpc) is 2.70. The van der Waals surface area contributed by atoms with Crippen molar-refractivity contribution < 1.29 is 17.9 Å². The Hall–Kier alpha value is -2.83. The summed E-state index contributed by atoms with van der Waals surface area (Å²) in [6.45, 7) is 1.98. The van der Waals surface area contributed by atoms with E-state index in [0.717, 1.165) is 5.56 Å². The number of amides is 1. The van der Waals surface area contributed by atoms with E-state index in [4.69, 9.17) is 16.3 Å². The van der Waals surface area contributed by atoms with Crippen LogP contribution in [0.1, 0.15) is 12.0 Å². The maximum absolute atomic E-state index is 12.4. The van der Waals surface area contributed by atoms with Gasteiger partial charge in [-0.3, -0.25) is 4.79 Å². The summed E-state index contributed by atoms with van der Waals surface area (Å²) < 4.78 is 30.6. The standard InChI is InChI=1S/C22H20ClNO4S/c1-16-6-10-18(11-7-16)28-21-5-3-2-4-20(21)24-22(25)14-15-29(26,27)19-12-8-17(23)9-13-19/h2-13H,14-15H2,1H3,(H,24,25). The van der Waals surface area contributed by atoms with Gasteiger partial charge in [-0.25, -0.2) is 8.42 Å². The van der Waals surface area contributed by atoms with Gasteiger partial charge in [-0.2, -0.15) is 0 Å². The van der Waals surface area contributed by atoms with Crippen molar-refractivity contribution >= 4 is 33.0 Å². The van der Waals surface area contributed by atoms with Crippen molar-refractivity contribution in [2.45, 2.75) is 18.2 Å². The highest BCUT2D eigenvalue weighted by Crippen LogP contribution is 2.29. The fourth-order valence-corrected chi connectivity index (χ4v) is 3.96. The largest absolute Gasteiger partial charge is 0.455 e. The van der Waals surface area contributed by atoms with Gasteiger partial charge in [0.1, 0.15) is 5.75 Å². The Morgan fingerprint density at radius 2 is 1.62 bits per heavy atom. The second-order valence-corrected chi connectivity index (χ2v) is 9.03. The molecule has 3 aromatic rings. The molecule has 0 spiro atoms. The minimum Gasteiger partial charge on any atom is -0.455 e. The number of carbonyl (C=O) groups excluding carboxylic acids is 1. The van der Waals surface area contributed by atoms with Gasteiger partial charge in [-0.05, 0) is 55.5 Å². The van der Waals surface area contributed by atoms with E-state index in [-0.39, 0.29) is 17.1 Å². The molecule has 5 nitrogen and oxygen atoms in total. The number of halogens is 1. The number of benzene rings is 3. The second kappa shape index (κ2) is 9.11. The lowest BCUT2D eigenvalue weighted by Gasteiger charge is -2.12. The molecule has 0 radical (unpaired) electrons. The topological polar surface area (TPSA) is 72.5 Å². The van der Waals surface area contributed by atoms with Crippen molar-refractivity contribution in [3.05, 3.63) is 83.4 Å². The van der Waals surface area contributed by atoms with Crippen molar-refractivity contribution in [2.24, 2.45) is 0 Å². The molecule has 0 saturated carbocycles. The van der Waals surface area contributed by atoms with Crippen molar-refractivity contribution in [3.63, 3.8) is 0 Å². The highest BCUT2D eigenvalue weighted by atomic mass is 35.5. The van der Waals surface area contributed by atoms with Crippen molar-refractivity contribution in [2.75, 3.05) is 11.1 Å². The maximum atomic E-state index is 12.4. The molecule has 0 aromatic heterocycles. The van der Waals surface area contributed by atoms with Gasteiger partial charge in [0.05, 0.1) is 16.3 Å². The molecule has 0 atom stereocenters. The molecule has 0 saturated heterocycles. The van der Waals surface area contributed by atoms with Crippen LogP contribution in [0, 0.1) is 6.92 Å². The van der Waals surface area contributed by atoms with E-state index < -0.39 is 15.7 Å². The normalized spacial score (nSPS) is 11.1. The summed E-state index contributed by atoms with van der Waals surface area (Å²) in [5.74, 6) is 0.400. The number of sulfone groups is 1. The van der Waals surface area contributed by atoms with Gasteiger partial charge in [0.2, 0.25) is 5.91 Å². The van der Waals surface area contributed by atoms with Crippen LogP contribution in [0.25, 0.3) is 0 Å². The van der Waals surface area contributed by atoms with Gasteiger partial charge in [0, 0.05) is 11.4 Å². The predicted octanol–water partition coefficient (Wildman–Crippen LogP) is 5.24. The van der Waals surface area contributed by atoms with E-state index in [2.05, 4.69) is 5.32 Å². The molecule has 0 aliphatic rings. The summed E-state index contributed by atoms with van der Waals surface area (Å²) in [7, 11) is -3.58. The summed E-state index contributed by atoms with van der Waals surface area (Å²) in [4.78, 5) is 12.5. The Morgan fingerprint density at radius 1 is 0.966 bits per heavy atom. The first kappa shape index (κ1) is 20.9. The first-order chi connectivity index (χ1) is 13.8. The van der Waals surface area contributed by atoms with Gasteiger partial charge in [-0.15, -0.1) is 0 Å². The number of anilines is 1. The fraction of sp³-hybridized carbons (Fsp3) is 0.136. The van der Waals surface area contributed by atoms with Crippen molar-refractivity contribution in [1.29, 1.82) is 0 Å². The second-order valence-electron chi connectivity index (χ2n) is 6.48. The lowest BCUT2D eigenvalue weighted by molar-refractivity contribution is -0.115. The van der Waals surface area contributed by atoms with Crippen LogP contribution < -0.4 is 10.1 Å². The molecule has 1 N–H and O–H groups in total. The van der Waals surface area contributed by atoms with Crippen LogP contribution in [0.2, 0.25) is 5.02 Å². The summed E-state index contributed by atoms with van der Waals surface area (Å²) >= 11 is 5.79. The number of ether oxygens (including phenoxy) is 1. The maximum Gasteiger partial charge on any atom is 0.225 e. The molecule has 0 aliphatic heterocycles. The van der Waals surface area contributed by atoms with Gasteiger partial charge in [-0.1, -0.05) is 41.4 Å². The lowest BCUT2D eigenvalue weighted by atomic mass is 10.2. The molecule has 0 bridgehead atoms. The molecule has 7 heteroatoms. The predicted molar refractivity (Wildman–Crippen MR) is 114 cm³/mol. The van der Waals surface area contributed by atoms with E-state index >= 15 is 0 Å². The molecule has 0 unspecified atom stereocenters. The van der Waals surface area contributed by atoms with Crippen molar-refractivity contribution in [1.82, 2.24) is 0 Å².